The Morgan fingerprint density at radius 1 is 1.50 bits per heavy atom. The summed E-state index contributed by atoms with van der Waals surface area (Å²) in [6, 6.07) is 5.75. The van der Waals surface area contributed by atoms with Crippen LogP contribution in [-0.4, -0.2) is 15.0 Å². The summed E-state index contributed by atoms with van der Waals surface area (Å²) < 4.78 is 8.36. The van der Waals surface area contributed by atoms with Crippen molar-refractivity contribution in [2.24, 2.45) is 12.8 Å². The lowest BCUT2D eigenvalue weighted by molar-refractivity contribution is 0.296. The molecule has 0 aliphatic heterocycles. The van der Waals surface area contributed by atoms with E-state index in [1.165, 1.54) is 0 Å². The number of nitrogens with zero attached hydrogens (tertiary/aromatic N) is 3. The molecule has 0 spiro atoms. The molecule has 2 rings (SSSR count). The lowest BCUT2D eigenvalue weighted by atomic mass is 10.1. The Morgan fingerprint density at radius 2 is 2.28 bits per heavy atom. The van der Waals surface area contributed by atoms with Gasteiger partial charge in [-0.05, 0) is 19.1 Å². The maximum atomic E-state index is 5.91. The zero-order valence-corrected chi connectivity index (χ0v) is 11.9. The number of nitrogens with two attached hydrogens (primary N) is 1. The first-order valence-electron chi connectivity index (χ1n) is 5.59. The molecule has 5 nitrogen and oxygen atoms in total. The van der Waals surface area contributed by atoms with Crippen molar-refractivity contribution in [1.29, 1.82) is 0 Å². The van der Waals surface area contributed by atoms with E-state index < -0.39 is 0 Å². The van der Waals surface area contributed by atoms with Gasteiger partial charge in [0.05, 0.1) is 6.20 Å². The van der Waals surface area contributed by atoms with Crippen LogP contribution in [0.25, 0.3) is 0 Å². The average molecular weight is 311 g/mol. The lowest BCUT2D eigenvalue weighted by Gasteiger charge is -2.13. The molecule has 1 heterocycles. The van der Waals surface area contributed by atoms with Gasteiger partial charge in [-0.2, -0.15) is 0 Å². The van der Waals surface area contributed by atoms with Gasteiger partial charge in [-0.1, -0.05) is 27.2 Å². The summed E-state index contributed by atoms with van der Waals surface area (Å²) >= 11 is 3.42. The highest BCUT2D eigenvalue weighted by molar-refractivity contribution is 9.10. The van der Waals surface area contributed by atoms with E-state index in [9.17, 15) is 0 Å². The SMILES string of the molecule is CC(N)c1ccc(Br)cc1OCc1cn(C)nn1. The molecule has 18 heavy (non-hydrogen) atoms. The molecule has 1 atom stereocenters. The van der Waals surface area contributed by atoms with Gasteiger partial charge >= 0.3 is 0 Å². The summed E-state index contributed by atoms with van der Waals surface area (Å²) in [7, 11) is 1.82. The first-order chi connectivity index (χ1) is 8.56. The predicted molar refractivity (Wildman–Crippen MR) is 72.1 cm³/mol. The average Bonchev–Trinajstić information content (AvgIpc) is 2.72. The number of hydrogen-bond donors (Lipinski definition) is 1. The monoisotopic (exact) mass is 310 g/mol. The van der Waals surface area contributed by atoms with E-state index in [1.54, 1.807) is 4.68 Å². The Hall–Kier alpha value is -1.40. The fraction of sp³-hybridized carbons (Fsp3) is 0.333. The van der Waals surface area contributed by atoms with Gasteiger partial charge in [-0.25, -0.2) is 0 Å². The molecule has 0 aliphatic rings. The Balaban J connectivity index is 2.15. The molecule has 0 fully saturated rings. The second-order valence-corrected chi connectivity index (χ2v) is 5.06. The van der Waals surface area contributed by atoms with Crippen molar-refractivity contribution in [3.63, 3.8) is 0 Å². The molecule has 2 aromatic rings. The molecule has 2 N–H and O–H groups in total. The summed E-state index contributed by atoms with van der Waals surface area (Å²) in [5.74, 6) is 0.769. The number of hydrogen-bond acceptors (Lipinski definition) is 4. The highest BCUT2D eigenvalue weighted by atomic mass is 79.9. The van der Waals surface area contributed by atoms with Gasteiger partial charge < -0.3 is 10.5 Å². The molecule has 96 valence electrons. The van der Waals surface area contributed by atoms with Gasteiger partial charge in [0, 0.05) is 23.1 Å². The summed E-state index contributed by atoms with van der Waals surface area (Å²) in [4.78, 5) is 0. The molecule has 0 saturated heterocycles. The van der Waals surface area contributed by atoms with Crippen molar-refractivity contribution in [1.82, 2.24) is 15.0 Å². The molecule has 1 aromatic heterocycles. The first kappa shape index (κ1) is 13.0. The second-order valence-electron chi connectivity index (χ2n) is 4.14. The van der Waals surface area contributed by atoms with E-state index >= 15 is 0 Å². The maximum Gasteiger partial charge on any atom is 0.134 e. The van der Waals surface area contributed by atoms with Gasteiger partial charge in [-0.3, -0.25) is 4.68 Å². The third-order valence-corrected chi connectivity index (χ3v) is 2.99. The first-order valence-corrected chi connectivity index (χ1v) is 6.38. The summed E-state index contributed by atoms with van der Waals surface area (Å²) in [6.45, 7) is 2.31. The van der Waals surface area contributed by atoms with Crippen molar-refractivity contribution in [2.45, 2.75) is 19.6 Å². The Labute approximate surface area is 114 Å². The van der Waals surface area contributed by atoms with Crippen LogP contribution in [0.3, 0.4) is 0 Å². The smallest absolute Gasteiger partial charge is 0.134 e. The molecule has 0 saturated carbocycles. The van der Waals surface area contributed by atoms with E-state index in [0.29, 0.717) is 6.61 Å². The highest BCUT2D eigenvalue weighted by Crippen LogP contribution is 2.28. The van der Waals surface area contributed by atoms with Crippen molar-refractivity contribution >= 4 is 15.9 Å². The molecule has 0 bridgehead atoms. The zero-order valence-electron chi connectivity index (χ0n) is 10.3. The van der Waals surface area contributed by atoms with Crippen LogP contribution in [0.4, 0.5) is 0 Å². The summed E-state index contributed by atoms with van der Waals surface area (Å²) in [5, 5.41) is 7.83. The third kappa shape index (κ3) is 3.08. The van der Waals surface area contributed by atoms with Gasteiger partial charge in [0.15, 0.2) is 0 Å². The lowest BCUT2D eigenvalue weighted by Crippen LogP contribution is -2.08. The van der Waals surface area contributed by atoms with E-state index in [1.807, 2.05) is 38.4 Å². The van der Waals surface area contributed by atoms with Gasteiger partial charge in [0.25, 0.3) is 0 Å². The van der Waals surface area contributed by atoms with Crippen LogP contribution in [0.2, 0.25) is 0 Å². The Bertz CT molecular complexity index is 539. The van der Waals surface area contributed by atoms with Crippen LogP contribution in [0, 0.1) is 0 Å². The van der Waals surface area contributed by atoms with Gasteiger partial charge in [0.2, 0.25) is 0 Å². The molecular formula is C12H15BrN4O. The minimum Gasteiger partial charge on any atom is -0.487 e. The molecule has 0 amide bonds. The molecule has 6 heteroatoms. The van der Waals surface area contributed by atoms with E-state index in [4.69, 9.17) is 10.5 Å². The van der Waals surface area contributed by atoms with Crippen molar-refractivity contribution < 1.29 is 4.74 Å². The quantitative estimate of drug-likeness (QED) is 0.940. The summed E-state index contributed by atoms with van der Waals surface area (Å²) in [5.41, 5.74) is 7.67. The molecule has 1 aromatic carbocycles. The third-order valence-electron chi connectivity index (χ3n) is 2.49. The number of rotatable bonds is 4. The molecule has 0 aliphatic carbocycles. The highest BCUT2D eigenvalue weighted by Gasteiger charge is 2.09. The van der Waals surface area contributed by atoms with E-state index in [-0.39, 0.29) is 6.04 Å². The van der Waals surface area contributed by atoms with E-state index in [2.05, 4.69) is 26.2 Å². The van der Waals surface area contributed by atoms with Crippen LogP contribution in [-0.2, 0) is 13.7 Å². The van der Waals surface area contributed by atoms with Crippen LogP contribution in [0.15, 0.2) is 28.9 Å². The van der Waals surface area contributed by atoms with Crippen molar-refractivity contribution in [3.8, 4) is 5.75 Å². The fourth-order valence-electron chi connectivity index (χ4n) is 1.62. The van der Waals surface area contributed by atoms with Crippen LogP contribution in [0.1, 0.15) is 24.2 Å². The molecule has 0 radical (unpaired) electrons. The number of ether oxygens (including phenoxy) is 1. The number of aromatic nitrogens is 3. The minimum absolute atomic E-state index is 0.0741. The van der Waals surface area contributed by atoms with E-state index in [0.717, 1.165) is 21.5 Å². The normalized spacial score (nSPS) is 12.4. The van der Waals surface area contributed by atoms with Gasteiger partial charge in [-0.15, -0.1) is 5.10 Å². The Kier molecular flexibility index (Phi) is 3.98. The topological polar surface area (TPSA) is 66.0 Å². The van der Waals surface area contributed by atoms with Gasteiger partial charge in [0.1, 0.15) is 18.1 Å². The van der Waals surface area contributed by atoms with Crippen LogP contribution >= 0.6 is 15.9 Å². The standard InChI is InChI=1S/C12H15BrN4O/c1-8(14)11-4-3-9(13)5-12(11)18-7-10-6-17(2)16-15-10/h3-6,8H,7,14H2,1-2H3. The maximum absolute atomic E-state index is 5.91. The second kappa shape index (κ2) is 5.49. The van der Waals surface area contributed by atoms with Crippen molar-refractivity contribution in [2.75, 3.05) is 0 Å². The molecular weight excluding hydrogens is 296 g/mol. The number of benzene rings is 1. The fourth-order valence-corrected chi connectivity index (χ4v) is 1.96. The predicted octanol–water partition coefficient (Wildman–Crippen LogP) is 2.18. The minimum atomic E-state index is -0.0741. The zero-order chi connectivity index (χ0) is 13.1. The van der Waals surface area contributed by atoms with Crippen LogP contribution in [0.5, 0.6) is 5.75 Å². The largest absolute Gasteiger partial charge is 0.487 e. The number of halogens is 1. The van der Waals surface area contributed by atoms with Crippen LogP contribution < -0.4 is 10.5 Å². The molecule has 1 unspecified atom stereocenters. The Morgan fingerprint density at radius 3 is 2.89 bits per heavy atom. The number of aryl methyl sites for hydroxylation is 1. The van der Waals surface area contributed by atoms with Crippen molar-refractivity contribution in [3.05, 3.63) is 40.1 Å². The summed E-state index contributed by atoms with van der Waals surface area (Å²) in [6.07, 6.45) is 1.82.